The van der Waals surface area contributed by atoms with E-state index in [0.717, 1.165) is 17.7 Å². The number of benzene rings is 1. The number of aryl methyl sites for hydroxylation is 1. The highest BCUT2D eigenvalue weighted by Crippen LogP contribution is 2.13. The Kier molecular flexibility index (Phi) is 4.50. The van der Waals surface area contributed by atoms with Gasteiger partial charge in [-0.1, -0.05) is 18.2 Å². The van der Waals surface area contributed by atoms with Crippen LogP contribution in [0.25, 0.3) is 0 Å². The number of aliphatic hydroxyl groups excluding tert-OH is 1. The van der Waals surface area contributed by atoms with Crippen molar-refractivity contribution in [1.82, 2.24) is 0 Å². The van der Waals surface area contributed by atoms with Gasteiger partial charge in [-0.05, 0) is 35.6 Å². The second kappa shape index (κ2) is 6.33. The van der Waals surface area contributed by atoms with Crippen molar-refractivity contribution in [3.63, 3.8) is 0 Å². The van der Waals surface area contributed by atoms with E-state index in [1.165, 1.54) is 4.88 Å². The van der Waals surface area contributed by atoms with E-state index in [2.05, 4.69) is 5.32 Å². The summed E-state index contributed by atoms with van der Waals surface area (Å²) in [5.74, 6) is -0.00140. The Balaban J connectivity index is 1.86. The van der Waals surface area contributed by atoms with E-state index >= 15 is 0 Å². The first-order valence-electron chi connectivity index (χ1n) is 5.80. The molecule has 94 valence electrons. The molecule has 2 aromatic rings. The van der Waals surface area contributed by atoms with Crippen molar-refractivity contribution in [3.8, 4) is 0 Å². The van der Waals surface area contributed by atoms with E-state index in [-0.39, 0.29) is 12.5 Å². The Morgan fingerprint density at radius 1 is 1.28 bits per heavy atom. The van der Waals surface area contributed by atoms with Crippen LogP contribution in [-0.2, 0) is 17.8 Å². The Bertz CT molecular complexity index is 508. The fourth-order valence-electron chi connectivity index (χ4n) is 1.66. The standard InChI is InChI=1S/C14H15NO2S/c16-10-11-3-1-4-12(9-11)15-14(17)7-6-13-5-2-8-18-13/h1-5,8-9,16H,6-7,10H2,(H,15,17). The van der Waals surface area contributed by atoms with Crippen LogP contribution in [0.4, 0.5) is 5.69 Å². The highest BCUT2D eigenvalue weighted by atomic mass is 32.1. The van der Waals surface area contributed by atoms with Crippen molar-refractivity contribution < 1.29 is 9.90 Å². The fraction of sp³-hybridized carbons (Fsp3) is 0.214. The molecule has 0 aliphatic carbocycles. The highest BCUT2D eigenvalue weighted by molar-refractivity contribution is 7.09. The van der Waals surface area contributed by atoms with Crippen molar-refractivity contribution in [2.75, 3.05) is 5.32 Å². The lowest BCUT2D eigenvalue weighted by Gasteiger charge is -2.06. The third-order valence-electron chi connectivity index (χ3n) is 2.57. The molecule has 0 aliphatic heterocycles. The maximum atomic E-state index is 11.7. The summed E-state index contributed by atoms with van der Waals surface area (Å²) in [4.78, 5) is 13.0. The van der Waals surface area contributed by atoms with Gasteiger partial charge in [0, 0.05) is 17.0 Å². The van der Waals surface area contributed by atoms with Crippen LogP contribution in [0.3, 0.4) is 0 Å². The Morgan fingerprint density at radius 3 is 2.89 bits per heavy atom. The molecule has 1 heterocycles. The number of rotatable bonds is 5. The second-order valence-electron chi connectivity index (χ2n) is 3.99. The number of carbonyl (C=O) groups is 1. The smallest absolute Gasteiger partial charge is 0.224 e. The number of thiophene rings is 1. The molecule has 0 radical (unpaired) electrons. The number of hydrogen-bond donors (Lipinski definition) is 2. The summed E-state index contributed by atoms with van der Waals surface area (Å²) in [6.45, 7) is -0.0150. The summed E-state index contributed by atoms with van der Waals surface area (Å²) < 4.78 is 0. The molecule has 0 bridgehead atoms. The summed E-state index contributed by atoms with van der Waals surface area (Å²) >= 11 is 1.66. The number of aliphatic hydroxyl groups is 1. The van der Waals surface area contributed by atoms with Crippen molar-refractivity contribution in [1.29, 1.82) is 0 Å². The number of hydrogen-bond acceptors (Lipinski definition) is 3. The summed E-state index contributed by atoms with van der Waals surface area (Å²) in [5.41, 5.74) is 1.53. The lowest BCUT2D eigenvalue weighted by atomic mass is 10.2. The zero-order valence-electron chi connectivity index (χ0n) is 9.93. The zero-order valence-corrected chi connectivity index (χ0v) is 10.7. The lowest BCUT2D eigenvalue weighted by molar-refractivity contribution is -0.116. The van der Waals surface area contributed by atoms with E-state index in [1.807, 2.05) is 35.7 Å². The van der Waals surface area contributed by atoms with Crippen molar-refractivity contribution >= 4 is 22.9 Å². The van der Waals surface area contributed by atoms with Gasteiger partial charge in [-0.2, -0.15) is 0 Å². The minimum absolute atomic E-state index is 0.00140. The molecule has 3 nitrogen and oxygen atoms in total. The van der Waals surface area contributed by atoms with Crippen LogP contribution in [0.5, 0.6) is 0 Å². The number of carbonyl (C=O) groups excluding carboxylic acids is 1. The summed E-state index contributed by atoms with van der Waals surface area (Å²) in [5, 5.41) is 13.9. The number of nitrogens with one attached hydrogen (secondary N) is 1. The van der Waals surface area contributed by atoms with Crippen molar-refractivity contribution in [2.45, 2.75) is 19.4 Å². The maximum Gasteiger partial charge on any atom is 0.224 e. The number of amides is 1. The van der Waals surface area contributed by atoms with Gasteiger partial charge < -0.3 is 10.4 Å². The van der Waals surface area contributed by atoms with Crippen LogP contribution in [0.1, 0.15) is 16.9 Å². The quantitative estimate of drug-likeness (QED) is 0.869. The molecule has 1 aromatic carbocycles. The van der Waals surface area contributed by atoms with E-state index in [0.29, 0.717) is 6.42 Å². The monoisotopic (exact) mass is 261 g/mol. The average molecular weight is 261 g/mol. The van der Waals surface area contributed by atoms with Gasteiger partial charge in [0.15, 0.2) is 0 Å². The first kappa shape index (κ1) is 12.8. The summed E-state index contributed by atoms with van der Waals surface area (Å²) in [7, 11) is 0. The van der Waals surface area contributed by atoms with Crippen LogP contribution in [0, 0.1) is 0 Å². The maximum absolute atomic E-state index is 11.7. The van der Waals surface area contributed by atoms with Crippen molar-refractivity contribution in [3.05, 3.63) is 52.2 Å². The van der Waals surface area contributed by atoms with Gasteiger partial charge in [0.1, 0.15) is 0 Å². The second-order valence-corrected chi connectivity index (χ2v) is 5.02. The molecule has 0 spiro atoms. The van der Waals surface area contributed by atoms with Gasteiger partial charge >= 0.3 is 0 Å². The van der Waals surface area contributed by atoms with Crippen LogP contribution in [0.2, 0.25) is 0 Å². The van der Waals surface area contributed by atoms with Crippen LogP contribution < -0.4 is 5.32 Å². The third-order valence-corrected chi connectivity index (χ3v) is 3.51. The third kappa shape index (κ3) is 3.68. The Hall–Kier alpha value is -1.65. The number of anilines is 1. The molecular formula is C14H15NO2S. The summed E-state index contributed by atoms with van der Waals surface area (Å²) in [6, 6.07) is 11.3. The van der Waals surface area contributed by atoms with Crippen LogP contribution >= 0.6 is 11.3 Å². The predicted octanol–water partition coefficient (Wildman–Crippen LogP) is 2.81. The molecule has 1 aromatic heterocycles. The molecule has 0 aliphatic rings. The topological polar surface area (TPSA) is 49.3 Å². The van der Waals surface area contributed by atoms with Gasteiger partial charge in [-0.15, -0.1) is 11.3 Å². The van der Waals surface area contributed by atoms with Gasteiger partial charge in [0.2, 0.25) is 5.91 Å². The molecule has 4 heteroatoms. The van der Waals surface area contributed by atoms with E-state index < -0.39 is 0 Å². The van der Waals surface area contributed by atoms with Gasteiger partial charge in [-0.25, -0.2) is 0 Å². The first-order chi connectivity index (χ1) is 8.78. The molecule has 0 saturated carbocycles. The van der Waals surface area contributed by atoms with Gasteiger partial charge in [0.05, 0.1) is 6.61 Å². The fourth-order valence-corrected chi connectivity index (χ4v) is 2.37. The molecular weight excluding hydrogens is 246 g/mol. The van der Waals surface area contributed by atoms with E-state index in [9.17, 15) is 4.79 Å². The SMILES string of the molecule is O=C(CCc1cccs1)Nc1cccc(CO)c1. The minimum Gasteiger partial charge on any atom is -0.392 e. The molecule has 2 rings (SSSR count). The molecule has 18 heavy (non-hydrogen) atoms. The van der Waals surface area contributed by atoms with E-state index in [1.54, 1.807) is 17.4 Å². The molecule has 0 fully saturated rings. The van der Waals surface area contributed by atoms with Crippen LogP contribution in [-0.4, -0.2) is 11.0 Å². The zero-order chi connectivity index (χ0) is 12.8. The summed E-state index contributed by atoms with van der Waals surface area (Å²) in [6.07, 6.45) is 1.24. The molecule has 0 saturated heterocycles. The molecule has 0 unspecified atom stereocenters. The first-order valence-corrected chi connectivity index (χ1v) is 6.68. The van der Waals surface area contributed by atoms with Crippen LogP contribution in [0.15, 0.2) is 41.8 Å². The minimum atomic E-state index is -0.0150. The normalized spacial score (nSPS) is 10.3. The highest BCUT2D eigenvalue weighted by Gasteiger charge is 2.04. The van der Waals surface area contributed by atoms with E-state index in [4.69, 9.17) is 5.11 Å². The average Bonchev–Trinajstić information content (AvgIpc) is 2.90. The molecule has 0 atom stereocenters. The Morgan fingerprint density at radius 2 is 2.17 bits per heavy atom. The molecule has 2 N–H and O–H groups in total. The largest absolute Gasteiger partial charge is 0.392 e. The lowest BCUT2D eigenvalue weighted by Crippen LogP contribution is -2.12. The van der Waals surface area contributed by atoms with Crippen molar-refractivity contribution in [2.24, 2.45) is 0 Å². The molecule has 1 amide bonds. The van der Waals surface area contributed by atoms with Gasteiger partial charge in [0.25, 0.3) is 0 Å². The predicted molar refractivity (Wildman–Crippen MR) is 73.6 cm³/mol. The van der Waals surface area contributed by atoms with Gasteiger partial charge in [-0.3, -0.25) is 4.79 Å². The Labute approximate surface area is 110 Å².